The summed E-state index contributed by atoms with van der Waals surface area (Å²) in [7, 11) is 0. The van der Waals surface area contributed by atoms with Crippen molar-refractivity contribution in [2.24, 2.45) is 5.92 Å². The molecule has 0 spiro atoms. The summed E-state index contributed by atoms with van der Waals surface area (Å²) in [5, 5.41) is 19.7. The van der Waals surface area contributed by atoms with E-state index in [4.69, 9.17) is 10.2 Å². The van der Waals surface area contributed by atoms with Gasteiger partial charge in [0.1, 0.15) is 6.04 Å². The lowest BCUT2D eigenvalue weighted by Gasteiger charge is -2.18. The molecule has 0 heterocycles. The van der Waals surface area contributed by atoms with Crippen LogP contribution in [0.3, 0.4) is 0 Å². The fourth-order valence-electron chi connectivity index (χ4n) is 1.77. The number of amides is 1. The first-order valence-corrected chi connectivity index (χ1v) is 6.17. The Hall–Kier alpha value is -1.59. The lowest BCUT2D eigenvalue weighted by molar-refractivity contribution is -0.147. The Morgan fingerprint density at radius 3 is 1.89 bits per heavy atom. The van der Waals surface area contributed by atoms with Crippen molar-refractivity contribution in [3.63, 3.8) is 0 Å². The van der Waals surface area contributed by atoms with Crippen LogP contribution in [-0.4, -0.2) is 34.1 Å². The van der Waals surface area contributed by atoms with Crippen molar-refractivity contribution in [1.82, 2.24) is 5.32 Å². The molecule has 1 amide bonds. The van der Waals surface area contributed by atoms with Crippen molar-refractivity contribution in [2.45, 2.75) is 52.0 Å². The molecular weight excluding hydrogens is 238 g/mol. The minimum Gasteiger partial charge on any atom is -0.481 e. The Morgan fingerprint density at radius 2 is 1.56 bits per heavy atom. The van der Waals surface area contributed by atoms with Crippen LogP contribution in [0.5, 0.6) is 0 Å². The molecule has 0 saturated heterocycles. The van der Waals surface area contributed by atoms with Crippen molar-refractivity contribution in [3.05, 3.63) is 0 Å². The van der Waals surface area contributed by atoms with Crippen LogP contribution < -0.4 is 5.32 Å². The van der Waals surface area contributed by atoms with Gasteiger partial charge < -0.3 is 15.5 Å². The number of aliphatic carboxylic acids is 2. The maximum absolute atomic E-state index is 11.9. The van der Waals surface area contributed by atoms with Gasteiger partial charge in [0.15, 0.2) is 0 Å². The van der Waals surface area contributed by atoms with Crippen molar-refractivity contribution >= 4 is 17.8 Å². The van der Waals surface area contributed by atoms with Crippen LogP contribution in [0.4, 0.5) is 0 Å². The molecule has 0 aromatic carbocycles. The van der Waals surface area contributed by atoms with Gasteiger partial charge in [-0.15, -0.1) is 0 Å². The van der Waals surface area contributed by atoms with E-state index in [0.29, 0.717) is 12.8 Å². The van der Waals surface area contributed by atoms with Crippen molar-refractivity contribution in [3.8, 4) is 0 Å². The predicted octanol–water partition coefficient (Wildman–Crippen LogP) is 1.25. The molecule has 6 nitrogen and oxygen atoms in total. The number of nitrogens with one attached hydrogen (secondary N) is 1. The molecule has 0 rings (SSSR count). The minimum absolute atomic E-state index is 0.240. The first kappa shape index (κ1) is 16.4. The third kappa shape index (κ3) is 6.22. The molecule has 0 fully saturated rings. The molecule has 18 heavy (non-hydrogen) atoms. The number of carbonyl (C=O) groups excluding carboxylic acids is 1. The number of hydrogen-bond donors (Lipinski definition) is 3. The van der Waals surface area contributed by atoms with Crippen LogP contribution in [0.15, 0.2) is 0 Å². The highest BCUT2D eigenvalue weighted by Gasteiger charge is 2.26. The molecule has 0 aliphatic heterocycles. The second kappa shape index (κ2) is 8.49. The van der Waals surface area contributed by atoms with Gasteiger partial charge in [-0.05, 0) is 12.8 Å². The molecule has 0 unspecified atom stereocenters. The van der Waals surface area contributed by atoms with E-state index < -0.39 is 24.4 Å². The normalized spacial score (nSPS) is 12.2. The largest absolute Gasteiger partial charge is 0.481 e. The monoisotopic (exact) mass is 259 g/mol. The molecule has 3 N–H and O–H groups in total. The number of carbonyl (C=O) groups is 3. The Kier molecular flexibility index (Phi) is 7.74. The number of carboxylic acids is 2. The van der Waals surface area contributed by atoms with E-state index in [0.717, 1.165) is 12.8 Å². The average Bonchev–Trinajstić information content (AvgIpc) is 2.27. The molecule has 104 valence electrons. The SMILES string of the molecule is CCCC(CCC)C(=O)N[C@H](CC(=O)O)C(=O)O. The zero-order chi connectivity index (χ0) is 14.1. The highest BCUT2D eigenvalue weighted by molar-refractivity contribution is 5.87. The van der Waals surface area contributed by atoms with E-state index in [2.05, 4.69) is 5.32 Å². The standard InChI is InChI=1S/C12H21NO5/c1-3-5-8(6-4-2)11(16)13-9(12(17)18)7-10(14)15/h8-9H,3-7H2,1-2H3,(H,13,16)(H,14,15)(H,17,18)/t9-/m1/s1. The van der Waals surface area contributed by atoms with Gasteiger partial charge in [0.2, 0.25) is 5.91 Å². The van der Waals surface area contributed by atoms with Crippen LogP contribution in [0.25, 0.3) is 0 Å². The van der Waals surface area contributed by atoms with Gasteiger partial charge >= 0.3 is 11.9 Å². The number of hydrogen-bond acceptors (Lipinski definition) is 3. The van der Waals surface area contributed by atoms with E-state index in [1.807, 2.05) is 13.8 Å². The third-order valence-electron chi connectivity index (χ3n) is 2.64. The second-order valence-corrected chi connectivity index (χ2v) is 4.27. The van der Waals surface area contributed by atoms with E-state index in [9.17, 15) is 14.4 Å². The van der Waals surface area contributed by atoms with Crippen LogP contribution in [-0.2, 0) is 14.4 Å². The fraction of sp³-hybridized carbons (Fsp3) is 0.750. The van der Waals surface area contributed by atoms with E-state index in [-0.39, 0.29) is 11.8 Å². The molecular formula is C12H21NO5. The highest BCUT2D eigenvalue weighted by Crippen LogP contribution is 2.14. The smallest absolute Gasteiger partial charge is 0.326 e. The Labute approximate surface area is 106 Å². The van der Waals surface area contributed by atoms with Crippen molar-refractivity contribution in [1.29, 1.82) is 0 Å². The Bertz CT molecular complexity index is 297. The van der Waals surface area contributed by atoms with Crippen molar-refractivity contribution in [2.75, 3.05) is 0 Å². The van der Waals surface area contributed by atoms with Crippen LogP contribution in [0, 0.1) is 5.92 Å². The van der Waals surface area contributed by atoms with Gasteiger partial charge in [0, 0.05) is 5.92 Å². The average molecular weight is 259 g/mol. The summed E-state index contributed by atoms with van der Waals surface area (Å²) in [6.45, 7) is 3.89. The minimum atomic E-state index is -1.36. The summed E-state index contributed by atoms with van der Waals surface area (Å²) in [5.74, 6) is -3.18. The molecule has 0 aliphatic carbocycles. The van der Waals surface area contributed by atoms with Gasteiger partial charge in [-0.1, -0.05) is 26.7 Å². The van der Waals surface area contributed by atoms with Gasteiger partial charge in [0.25, 0.3) is 0 Å². The number of rotatable bonds is 9. The summed E-state index contributed by atoms with van der Waals surface area (Å²) in [6, 6.07) is -1.36. The van der Waals surface area contributed by atoms with E-state index >= 15 is 0 Å². The molecule has 0 radical (unpaired) electrons. The molecule has 6 heteroatoms. The lowest BCUT2D eigenvalue weighted by Crippen LogP contribution is -2.44. The van der Waals surface area contributed by atoms with Crippen LogP contribution >= 0.6 is 0 Å². The zero-order valence-electron chi connectivity index (χ0n) is 10.8. The maximum Gasteiger partial charge on any atom is 0.326 e. The summed E-state index contributed by atoms with van der Waals surface area (Å²) in [4.78, 5) is 33.2. The zero-order valence-corrected chi connectivity index (χ0v) is 10.8. The molecule has 0 aliphatic rings. The van der Waals surface area contributed by atoms with E-state index in [1.54, 1.807) is 0 Å². The third-order valence-corrected chi connectivity index (χ3v) is 2.64. The summed E-state index contributed by atoms with van der Waals surface area (Å²) in [5.41, 5.74) is 0. The molecule has 1 atom stereocenters. The molecule has 0 aromatic heterocycles. The van der Waals surface area contributed by atoms with E-state index in [1.165, 1.54) is 0 Å². The predicted molar refractivity (Wildman–Crippen MR) is 65.1 cm³/mol. The topological polar surface area (TPSA) is 104 Å². The summed E-state index contributed by atoms with van der Waals surface area (Å²) >= 11 is 0. The molecule has 0 saturated carbocycles. The highest BCUT2D eigenvalue weighted by atomic mass is 16.4. The Balaban J connectivity index is 4.54. The fourth-order valence-corrected chi connectivity index (χ4v) is 1.77. The first-order chi connectivity index (χ1) is 8.42. The van der Waals surface area contributed by atoms with Crippen LogP contribution in [0.2, 0.25) is 0 Å². The van der Waals surface area contributed by atoms with Gasteiger partial charge in [-0.25, -0.2) is 4.79 Å². The molecule has 0 aromatic rings. The van der Waals surface area contributed by atoms with Gasteiger partial charge in [-0.2, -0.15) is 0 Å². The Morgan fingerprint density at radius 1 is 1.06 bits per heavy atom. The quantitative estimate of drug-likeness (QED) is 0.578. The first-order valence-electron chi connectivity index (χ1n) is 6.17. The van der Waals surface area contributed by atoms with Gasteiger partial charge in [-0.3, -0.25) is 9.59 Å². The number of carboxylic acid groups (broad SMARTS) is 2. The second-order valence-electron chi connectivity index (χ2n) is 4.27. The summed E-state index contributed by atoms with van der Waals surface area (Å²) < 4.78 is 0. The van der Waals surface area contributed by atoms with Gasteiger partial charge in [0.05, 0.1) is 6.42 Å². The maximum atomic E-state index is 11.9. The van der Waals surface area contributed by atoms with Crippen LogP contribution in [0.1, 0.15) is 46.0 Å². The summed E-state index contributed by atoms with van der Waals surface area (Å²) in [6.07, 6.45) is 2.41. The lowest BCUT2D eigenvalue weighted by atomic mass is 9.97. The molecule has 0 bridgehead atoms. The van der Waals surface area contributed by atoms with Crippen molar-refractivity contribution < 1.29 is 24.6 Å².